The average molecular weight is 440 g/mol. The normalized spacial score (nSPS) is 12.8. The van der Waals surface area contributed by atoms with E-state index >= 15 is 0 Å². The summed E-state index contributed by atoms with van der Waals surface area (Å²) < 4.78 is 0. The molecule has 0 radical (unpaired) electrons. The van der Waals surface area contributed by atoms with E-state index in [0.717, 1.165) is 5.71 Å². The molecular formula is C23H16N6O4. The van der Waals surface area contributed by atoms with Gasteiger partial charge in [-0.2, -0.15) is 0 Å². The van der Waals surface area contributed by atoms with Gasteiger partial charge in [-0.15, -0.1) is 0 Å². The summed E-state index contributed by atoms with van der Waals surface area (Å²) in [6.45, 7) is 0. The van der Waals surface area contributed by atoms with Crippen molar-refractivity contribution in [3.63, 3.8) is 0 Å². The molecule has 0 atom stereocenters. The zero-order valence-corrected chi connectivity index (χ0v) is 17.1. The standard InChI is InChI=1S/C23H16N6O4/c30-20(11-15-3-2-8-24-15)17-4-1-5-18-21(17)27-23(26-18)28-22(31)19-10-13-6-7-16(29(32)33)9-14(13)12-25-19/h1-2,4-10,12H,3,11H2,(H2,26,27,28,31). The van der Waals surface area contributed by atoms with Gasteiger partial charge in [0.15, 0.2) is 5.78 Å². The second kappa shape index (κ2) is 8.08. The molecular weight excluding hydrogens is 424 g/mol. The lowest BCUT2D eigenvalue weighted by Gasteiger charge is -2.03. The molecule has 5 rings (SSSR count). The molecule has 0 aliphatic carbocycles. The van der Waals surface area contributed by atoms with Crippen molar-refractivity contribution in [3.05, 3.63) is 82.3 Å². The van der Waals surface area contributed by atoms with Crippen LogP contribution in [-0.2, 0) is 0 Å². The van der Waals surface area contributed by atoms with Crippen molar-refractivity contribution in [2.45, 2.75) is 12.8 Å². The number of fused-ring (bicyclic) bond motifs is 2. The van der Waals surface area contributed by atoms with E-state index in [1.54, 1.807) is 36.5 Å². The number of aliphatic imine (C=N–C) groups is 1. The molecule has 1 aliphatic rings. The Morgan fingerprint density at radius 2 is 2.03 bits per heavy atom. The molecule has 0 bridgehead atoms. The quantitative estimate of drug-likeness (QED) is 0.261. The maximum absolute atomic E-state index is 12.8. The van der Waals surface area contributed by atoms with Crippen molar-refractivity contribution in [1.82, 2.24) is 15.0 Å². The van der Waals surface area contributed by atoms with E-state index in [0.29, 0.717) is 33.8 Å². The molecule has 3 heterocycles. The Bertz CT molecular complexity index is 1520. The first-order chi connectivity index (χ1) is 16.0. The fourth-order valence-corrected chi connectivity index (χ4v) is 3.65. The number of nitrogens with zero attached hydrogens (tertiary/aromatic N) is 4. The summed E-state index contributed by atoms with van der Waals surface area (Å²) in [5, 5.41) is 14.8. The number of para-hydroxylation sites is 1. The number of pyridine rings is 1. The predicted molar refractivity (Wildman–Crippen MR) is 123 cm³/mol. The largest absolute Gasteiger partial charge is 0.324 e. The smallest absolute Gasteiger partial charge is 0.276 e. The Morgan fingerprint density at radius 3 is 2.82 bits per heavy atom. The van der Waals surface area contributed by atoms with Crippen molar-refractivity contribution < 1.29 is 14.5 Å². The monoisotopic (exact) mass is 440 g/mol. The lowest BCUT2D eigenvalue weighted by atomic mass is 10.0. The highest BCUT2D eigenvalue weighted by atomic mass is 16.6. The van der Waals surface area contributed by atoms with Crippen LogP contribution in [0.3, 0.4) is 0 Å². The van der Waals surface area contributed by atoms with Gasteiger partial charge >= 0.3 is 0 Å². The van der Waals surface area contributed by atoms with Gasteiger partial charge in [0.2, 0.25) is 5.95 Å². The van der Waals surface area contributed by atoms with Gasteiger partial charge in [-0.1, -0.05) is 12.1 Å². The van der Waals surface area contributed by atoms with Crippen molar-refractivity contribution >= 4 is 50.8 Å². The molecule has 2 aromatic heterocycles. The van der Waals surface area contributed by atoms with Crippen LogP contribution in [0, 0.1) is 10.1 Å². The number of rotatable bonds is 6. The van der Waals surface area contributed by atoms with Crippen LogP contribution >= 0.6 is 0 Å². The fourth-order valence-electron chi connectivity index (χ4n) is 3.65. The Labute approximate surface area is 186 Å². The lowest BCUT2D eigenvalue weighted by Crippen LogP contribution is -2.14. The van der Waals surface area contributed by atoms with Crippen LogP contribution in [0.2, 0.25) is 0 Å². The molecule has 0 saturated heterocycles. The molecule has 33 heavy (non-hydrogen) atoms. The van der Waals surface area contributed by atoms with Crippen molar-refractivity contribution in [3.8, 4) is 0 Å². The summed E-state index contributed by atoms with van der Waals surface area (Å²) >= 11 is 0. The number of carbonyl (C=O) groups excluding carboxylic acids is 2. The molecule has 1 amide bonds. The van der Waals surface area contributed by atoms with Gasteiger partial charge in [-0.3, -0.25) is 35.0 Å². The maximum Gasteiger partial charge on any atom is 0.276 e. The Kier molecular flexibility index (Phi) is 4.94. The maximum atomic E-state index is 12.8. The number of nitrogens with one attached hydrogen (secondary N) is 2. The van der Waals surface area contributed by atoms with Crippen LogP contribution in [0.5, 0.6) is 0 Å². The van der Waals surface area contributed by atoms with Gasteiger partial charge in [0.05, 0.1) is 10.4 Å². The molecule has 0 saturated carbocycles. The van der Waals surface area contributed by atoms with Crippen LogP contribution in [0.25, 0.3) is 21.8 Å². The second-order valence-corrected chi connectivity index (χ2v) is 7.48. The van der Waals surface area contributed by atoms with Crippen molar-refractivity contribution in [2.75, 3.05) is 5.32 Å². The van der Waals surface area contributed by atoms with E-state index in [1.807, 2.05) is 6.08 Å². The number of non-ortho nitro benzene ring substituents is 1. The topological polar surface area (TPSA) is 143 Å². The summed E-state index contributed by atoms with van der Waals surface area (Å²) in [4.78, 5) is 51.6. The number of benzene rings is 2. The zero-order valence-electron chi connectivity index (χ0n) is 17.1. The molecule has 162 valence electrons. The van der Waals surface area contributed by atoms with E-state index < -0.39 is 10.8 Å². The summed E-state index contributed by atoms with van der Waals surface area (Å²) in [5.41, 5.74) is 2.40. The number of aromatic amines is 1. The third kappa shape index (κ3) is 3.97. The predicted octanol–water partition coefficient (Wildman–Crippen LogP) is 4.20. The highest BCUT2D eigenvalue weighted by molar-refractivity contribution is 6.15. The number of Topliss-reactive ketones (excluding diaryl/α,β-unsaturated/α-hetero) is 1. The summed E-state index contributed by atoms with van der Waals surface area (Å²) in [6.07, 6.45) is 5.86. The number of hydrogen-bond donors (Lipinski definition) is 2. The molecule has 2 N–H and O–H groups in total. The molecule has 0 spiro atoms. The zero-order chi connectivity index (χ0) is 22.9. The molecule has 0 fully saturated rings. The molecule has 1 aliphatic heterocycles. The number of hydrogen-bond acceptors (Lipinski definition) is 7. The minimum absolute atomic E-state index is 0.0506. The van der Waals surface area contributed by atoms with E-state index in [-0.39, 0.29) is 29.5 Å². The van der Waals surface area contributed by atoms with Gasteiger partial charge in [0.1, 0.15) is 11.2 Å². The van der Waals surface area contributed by atoms with E-state index in [4.69, 9.17) is 0 Å². The number of nitro groups is 1. The van der Waals surface area contributed by atoms with Gasteiger partial charge < -0.3 is 4.98 Å². The molecule has 4 aromatic rings. The van der Waals surface area contributed by atoms with Crippen molar-refractivity contribution in [1.29, 1.82) is 0 Å². The molecule has 2 aromatic carbocycles. The van der Waals surface area contributed by atoms with Crippen LogP contribution in [0.15, 0.2) is 65.9 Å². The van der Waals surface area contributed by atoms with E-state index in [2.05, 4.69) is 25.3 Å². The second-order valence-electron chi connectivity index (χ2n) is 7.48. The van der Waals surface area contributed by atoms with Crippen LogP contribution < -0.4 is 5.32 Å². The molecule has 0 unspecified atom stereocenters. The van der Waals surface area contributed by atoms with E-state index in [1.165, 1.54) is 18.3 Å². The number of amides is 1. The number of allylic oxidation sites excluding steroid dienone is 1. The van der Waals surface area contributed by atoms with Gasteiger partial charge in [-0.25, -0.2) is 4.98 Å². The average Bonchev–Trinajstić information content (AvgIpc) is 3.47. The fraction of sp³-hybridized carbons (Fsp3) is 0.0870. The highest BCUT2D eigenvalue weighted by Crippen LogP contribution is 2.23. The summed E-state index contributed by atoms with van der Waals surface area (Å²) in [5.74, 6) is -0.424. The van der Waals surface area contributed by atoms with Crippen LogP contribution in [0.4, 0.5) is 11.6 Å². The van der Waals surface area contributed by atoms with Crippen molar-refractivity contribution in [2.24, 2.45) is 4.99 Å². The third-order valence-electron chi connectivity index (χ3n) is 5.27. The SMILES string of the molecule is O=C(Nc1nc2c(C(=O)CC3=NC=CC3)cccc2[nH]1)c1cc2ccc([N+](=O)[O-])cc2cn1. The molecule has 10 heteroatoms. The number of anilines is 1. The number of imidazole rings is 1. The van der Waals surface area contributed by atoms with Crippen LogP contribution in [-0.4, -0.2) is 37.3 Å². The highest BCUT2D eigenvalue weighted by Gasteiger charge is 2.18. The Hall–Kier alpha value is -4.73. The first-order valence-electron chi connectivity index (χ1n) is 10.1. The minimum atomic E-state index is -0.506. The minimum Gasteiger partial charge on any atom is -0.324 e. The Balaban J connectivity index is 1.38. The number of nitro benzene ring substituents is 1. The third-order valence-corrected chi connectivity index (χ3v) is 5.27. The number of aromatic nitrogens is 3. The first kappa shape index (κ1) is 20.2. The van der Waals surface area contributed by atoms with Gasteiger partial charge in [0, 0.05) is 54.0 Å². The summed E-state index contributed by atoms with van der Waals surface area (Å²) in [6, 6.07) is 11.1. The summed E-state index contributed by atoms with van der Waals surface area (Å²) in [7, 11) is 0. The van der Waals surface area contributed by atoms with Gasteiger partial charge in [0.25, 0.3) is 11.6 Å². The number of carbonyl (C=O) groups is 2. The first-order valence-corrected chi connectivity index (χ1v) is 10.1. The van der Waals surface area contributed by atoms with E-state index in [9.17, 15) is 19.7 Å². The van der Waals surface area contributed by atoms with Gasteiger partial charge in [-0.05, 0) is 29.7 Å². The Morgan fingerprint density at radius 1 is 1.15 bits per heavy atom. The number of H-pyrrole nitrogens is 1. The lowest BCUT2D eigenvalue weighted by molar-refractivity contribution is -0.384. The number of ketones is 1. The molecule has 10 nitrogen and oxygen atoms in total. The van der Waals surface area contributed by atoms with Crippen LogP contribution in [0.1, 0.15) is 33.7 Å².